The lowest BCUT2D eigenvalue weighted by Gasteiger charge is -2.49. The van der Waals surface area contributed by atoms with E-state index in [9.17, 15) is 0 Å². The zero-order chi connectivity index (χ0) is 26.3. The van der Waals surface area contributed by atoms with Crippen molar-refractivity contribution >= 4 is 0 Å². The molecule has 2 aliphatic carbocycles. The molecule has 0 spiro atoms. The highest BCUT2D eigenvalue weighted by molar-refractivity contribution is 5.80. The minimum Gasteiger partial charge on any atom is -0.201 e. The zero-order valence-electron chi connectivity index (χ0n) is 24.4. The van der Waals surface area contributed by atoms with Crippen LogP contribution in [0.15, 0.2) is 48.7 Å². The predicted molar refractivity (Wildman–Crippen MR) is 154 cm³/mol. The highest BCUT2D eigenvalue weighted by Gasteiger charge is 2.46. The SMILES string of the molecule is Cc1ccccc1-c1cc(-c2c3c(cc4c2C(C)(C)CCC4(C)C)C(C)(C)CCC3(C)C)cc[n+]1C. The molecule has 3 aromatic rings. The van der Waals surface area contributed by atoms with Crippen LogP contribution in [-0.2, 0) is 28.7 Å². The van der Waals surface area contributed by atoms with Crippen LogP contribution in [0.4, 0.5) is 0 Å². The Morgan fingerprint density at radius 2 is 1.14 bits per heavy atom. The van der Waals surface area contributed by atoms with E-state index in [0.29, 0.717) is 0 Å². The van der Waals surface area contributed by atoms with Gasteiger partial charge in [0, 0.05) is 17.7 Å². The van der Waals surface area contributed by atoms with Gasteiger partial charge in [-0.1, -0.05) is 79.7 Å². The Labute approximate surface area is 220 Å². The molecule has 0 aliphatic heterocycles. The molecule has 36 heavy (non-hydrogen) atoms. The van der Waals surface area contributed by atoms with Crippen molar-refractivity contribution < 1.29 is 4.57 Å². The maximum Gasteiger partial charge on any atom is 0.213 e. The largest absolute Gasteiger partial charge is 0.213 e. The fraction of sp³-hybridized carbons (Fsp3) is 0.514. The molecular formula is C35H46N+. The average Bonchev–Trinajstić information content (AvgIpc) is 2.80. The first-order valence-electron chi connectivity index (χ1n) is 13.9. The molecule has 2 aromatic carbocycles. The smallest absolute Gasteiger partial charge is 0.201 e. The van der Waals surface area contributed by atoms with E-state index in [1.807, 2.05) is 0 Å². The van der Waals surface area contributed by atoms with Gasteiger partial charge in [0.15, 0.2) is 6.20 Å². The Morgan fingerprint density at radius 3 is 1.67 bits per heavy atom. The van der Waals surface area contributed by atoms with Crippen molar-refractivity contribution in [3.8, 4) is 22.4 Å². The minimum absolute atomic E-state index is 0.147. The van der Waals surface area contributed by atoms with Gasteiger partial charge in [0.05, 0.1) is 0 Å². The minimum atomic E-state index is 0.147. The number of aryl methyl sites for hydroxylation is 2. The topological polar surface area (TPSA) is 3.88 Å². The van der Waals surface area contributed by atoms with Gasteiger partial charge in [-0.3, -0.25) is 0 Å². The average molecular weight is 481 g/mol. The fourth-order valence-corrected chi connectivity index (χ4v) is 7.07. The van der Waals surface area contributed by atoms with Gasteiger partial charge in [0.1, 0.15) is 7.05 Å². The molecule has 1 heteroatoms. The number of fused-ring (bicyclic) bond motifs is 2. The van der Waals surface area contributed by atoms with E-state index in [1.54, 1.807) is 22.3 Å². The van der Waals surface area contributed by atoms with Crippen molar-refractivity contribution in [3.63, 3.8) is 0 Å². The van der Waals surface area contributed by atoms with Gasteiger partial charge in [0.2, 0.25) is 5.69 Å². The Bertz CT molecular complexity index is 1300. The highest BCUT2D eigenvalue weighted by Crippen LogP contribution is 2.57. The summed E-state index contributed by atoms with van der Waals surface area (Å²) in [6.07, 6.45) is 7.23. The van der Waals surface area contributed by atoms with Gasteiger partial charge in [-0.15, -0.1) is 0 Å². The van der Waals surface area contributed by atoms with Crippen LogP contribution in [0.25, 0.3) is 22.4 Å². The van der Waals surface area contributed by atoms with E-state index in [4.69, 9.17) is 0 Å². The molecule has 0 amide bonds. The number of nitrogens with zero attached hydrogens (tertiary/aromatic N) is 1. The normalized spacial score (nSPS) is 20.9. The van der Waals surface area contributed by atoms with E-state index >= 15 is 0 Å². The summed E-state index contributed by atoms with van der Waals surface area (Å²) in [5.41, 5.74) is 13.9. The molecule has 0 radical (unpaired) electrons. The molecule has 0 fully saturated rings. The molecule has 0 atom stereocenters. The Balaban J connectivity index is 1.94. The summed E-state index contributed by atoms with van der Waals surface area (Å²) in [4.78, 5) is 0. The number of aromatic nitrogens is 1. The second kappa shape index (κ2) is 8.04. The van der Waals surface area contributed by atoms with Crippen molar-refractivity contribution in [2.24, 2.45) is 7.05 Å². The fourth-order valence-electron chi connectivity index (χ4n) is 7.07. The molecule has 1 nitrogen and oxygen atoms in total. The van der Waals surface area contributed by atoms with Crippen LogP contribution in [0.3, 0.4) is 0 Å². The van der Waals surface area contributed by atoms with E-state index < -0.39 is 0 Å². The molecule has 0 bridgehead atoms. The van der Waals surface area contributed by atoms with Crippen molar-refractivity contribution in [2.75, 3.05) is 0 Å². The monoisotopic (exact) mass is 480 g/mol. The summed E-state index contributed by atoms with van der Waals surface area (Å²) < 4.78 is 2.29. The number of pyridine rings is 1. The van der Waals surface area contributed by atoms with Crippen molar-refractivity contribution in [2.45, 2.75) is 110 Å². The van der Waals surface area contributed by atoms with Crippen molar-refractivity contribution in [1.82, 2.24) is 0 Å². The van der Waals surface area contributed by atoms with E-state index in [2.05, 4.69) is 123 Å². The van der Waals surface area contributed by atoms with Crippen LogP contribution in [0.5, 0.6) is 0 Å². The van der Waals surface area contributed by atoms with E-state index in [-0.39, 0.29) is 21.7 Å². The summed E-state index contributed by atoms with van der Waals surface area (Å²) in [7, 11) is 2.18. The summed E-state index contributed by atoms with van der Waals surface area (Å²) in [5.74, 6) is 0. The lowest BCUT2D eigenvalue weighted by Crippen LogP contribution is -2.40. The van der Waals surface area contributed by atoms with Gasteiger partial charge in [-0.25, -0.2) is 4.57 Å². The first-order chi connectivity index (χ1) is 16.7. The second-order valence-electron chi connectivity index (χ2n) is 14.4. The van der Waals surface area contributed by atoms with Crippen LogP contribution in [-0.4, -0.2) is 0 Å². The highest BCUT2D eigenvalue weighted by atomic mass is 14.9. The third-order valence-electron chi connectivity index (χ3n) is 9.75. The third-order valence-corrected chi connectivity index (χ3v) is 9.75. The number of hydrogen-bond acceptors (Lipinski definition) is 0. The van der Waals surface area contributed by atoms with Gasteiger partial charge in [-0.05, 0) is 99.3 Å². The molecule has 1 aromatic heterocycles. The zero-order valence-corrected chi connectivity index (χ0v) is 24.4. The Morgan fingerprint density at radius 1 is 0.639 bits per heavy atom. The van der Waals surface area contributed by atoms with Crippen molar-refractivity contribution in [1.29, 1.82) is 0 Å². The van der Waals surface area contributed by atoms with Gasteiger partial charge >= 0.3 is 0 Å². The number of hydrogen-bond donors (Lipinski definition) is 0. The molecule has 190 valence electrons. The van der Waals surface area contributed by atoms with E-state index in [0.717, 1.165) is 0 Å². The van der Waals surface area contributed by atoms with Gasteiger partial charge in [0.25, 0.3) is 0 Å². The molecule has 2 aliphatic rings. The maximum absolute atomic E-state index is 2.65. The summed E-state index contributed by atoms with van der Waals surface area (Å²) in [5, 5.41) is 0. The molecule has 0 N–H and O–H groups in total. The number of rotatable bonds is 2. The quantitative estimate of drug-likeness (QED) is 0.322. The molecular weight excluding hydrogens is 434 g/mol. The lowest BCUT2D eigenvalue weighted by atomic mass is 9.55. The molecule has 0 saturated carbocycles. The Kier molecular flexibility index (Phi) is 5.64. The van der Waals surface area contributed by atoms with Crippen LogP contribution in [0.2, 0.25) is 0 Å². The van der Waals surface area contributed by atoms with Crippen LogP contribution in [0, 0.1) is 6.92 Å². The van der Waals surface area contributed by atoms with Crippen LogP contribution < -0.4 is 4.57 Å². The summed E-state index contributed by atoms with van der Waals surface area (Å²) in [6.45, 7) is 22.1. The molecule has 5 rings (SSSR count). The Hall–Kier alpha value is -2.41. The van der Waals surface area contributed by atoms with Gasteiger partial charge < -0.3 is 0 Å². The predicted octanol–water partition coefficient (Wildman–Crippen LogP) is 8.85. The third kappa shape index (κ3) is 3.85. The molecule has 0 saturated heterocycles. The molecule has 0 unspecified atom stereocenters. The van der Waals surface area contributed by atoms with Gasteiger partial charge in [-0.2, -0.15) is 0 Å². The first kappa shape index (κ1) is 25.2. The summed E-state index contributed by atoms with van der Waals surface area (Å²) in [6, 6.07) is 16.3. The first-order valence-corrected chi connectivity index (χ1v) is 13.9. The van der Waals surface area contributed by atoms with E-state index in [1.165, 1.54) is 53.6 Å². The standard InChI is InChI=1S/C35H46N/c1-23-13-11-12-14-25(23)28-21-24(15-20-36(28)10)29-30-26(32(2,3)16-18-34(30,6)7)22-27-31(29)35(8,9)19-17-33(27,4)5/h11-15,20-22H,16-19H2,1-10H3/q+1. The van der Waals surface area contributed by atoms with Crippen LogP contribution in [0.1, 0.15) is 109 Å². The van der Waals surface area contributed by atoms with Crippen molar-refractivity contribution in [3.05, 3.63) is 76.5 Å². The second-order valence-corrected chi connectivity index (χ2v) is 14.4. The number of benzene rings is 2. The molecule has 1 heterocycles. The van der Waals surface area contributed by atoms with Crippen LogP contribution >= 0.6 is 0 Å². The summed E-state index contributed by atoms with van der Waals surface area (Å²) >= 11 is 0. The lowest BCUT2D eigenvalue weighted by molar-refractivity contribution is -0.660. The maximum atomic E-state index is 2.65.